The van der Waals surface area contributed by atoms with E-state index in [9.17, 15) is 27.6 Å². The Morgan fingerprint density at radius 1 is 1.39 bits per heavy atom. The summed E-state index contributed by atoms with van der Waals surface area (Å²) in [5.74, 6) is -2.85. The van der Waals surface area contributed by atoms with Gasteiger partial charge in [-0.2, -0.15) is 13.2 Å². The molecule has 0 radical (unpaired) electrons. The van der Waals surface area contributed by atoms with Crippen molar-refractivity contribution in [2.75, 3.05) is 6.54 Å². The SMILES string of the molecule is C=CCCC(NC(=O)C1CC(=O)N(Cc2cccc(C(F)(F)F)c2)C1)C(=O)O. The molecule has 2 atom stereocenters. The summed E-state index contributed by atoms with van der Waals surface area (Å²) in [5, 5.41) is 11.6. The molecular weight excluding hydrogens is 377 g/mol. The number of carbonyl (C=O) groups excluding carboxylic acids is 2. The lowest BCUT2D eigenvalue weighted by Crippen LogP contribution is -2.44. The summed E-state index contributed by atoms with van der Waals surface area (Å²) in [7, 11) is 0. The monoisotopic (exact) mass is 398 g/mol. The molecule has 1 fully saturated rings. The molecule has 152 valence electrons. The van der Waals surface area contributed by atoms with Crippen LogP contribution in [0.25, 0.3) is 0 Å². The zero-order valence-electron chi connectivity index (χ0n) is 15.0. The molecule has 1 aromatic carbocycles. The smallest absolute Gasteiger partial charge is 0.416 e. The van der Waals surface area contributed by atoms with Crippen molar-refractivity contribution >= 4 is 17.8 Å². The fourth-order valence-electron chi connectivity index (χ4n) is 3.00. The number of nitrogens with zero attached hydrogens (tertiary/aromatic N) is 1. The van der Waals surface area contributed by atoms with Gasteiger partial charge in [0.25, 0.3) is 0 Å². The van der Waals surface area contributed by atoms with Crippen LogP contribution in [0.3, 0.4) is 0 Å². The minimum atomic E-state index is -4.48. The van der Waals surface area contributed by atoms with Crippen LogP contribution < -0.4 is 5.32 Å². The van der Waals surface area contributed by atoms with Gasteiger partial charge in [0.1, 0.15) is 6.04 Å². The van der Waals surface area contributed by atoms with Gasteiger partial charge >= 0.3 is 12.1 Å². The molecule has 0 bridgehead atoms. The van der Waals surface area contributed by atoms with E-state index in [0.29, 0.717) is 12.0 Å². The number of allylic oxidation sites excluding steroid dienone is 1. The molecule has 2 amide bonds. The van der Waals surface area contributed by atoms with E-state index in [2.05, 4.69) is 11.9 Å². The number of carboxylic acid groups (broad SMARTS) is 1. The molecule has 2 unspecified atom stereocenters. The number of alkyl halides is 3. The van der Waals surface area contributed by atoms with Crippen molar-refractivity contribution in [1.82, 2.24) is 10.2 Å². The summed E-state index contributed by atoms with van der Waals surface area (Å²) < 4.78 is 38.4. The average Bonchev–Trinajstić information content (AvgIpc) is 2.98. The highest BCUT2D eigenvalue weighted by atomic mass is 19.4. The van der Waals surface area contributed by atoms with Crippen LogP contribution in [-0.2, 0) is 27.1 Å². The maximum atomic E-state index is 12.8. The second kappa shape index (κ2) is 8.90. The van der Waals surface area contributed by atoms with Gasteiger partial charge in [0.05, 0.1) is 11.5 Å². The van der Waals surface area contributed by atoms with Crippen molar-refractivity contribution in [3.05, 3.63) is 48.0 Å². The molecule has 2 rings (SSSR count). The van der Waals surface area contributed by atoms with Crippen LogP contribution in [0.4, 0.5) is 13.2 Å². The number of aliphatic carboxylic acids is 1. The lowest BCUT2D eigenvalue weighted by atomic mass is 10.1. The van der Waals surface area contributed by atoms with E-state index in [1.807, 2.05) is 0 Å². The molecule has 1 aliphatic rings. The van der Waals surface area contributed by atoms with Crippen molar-refractivity contribution in [2.24, 2.45) is 5.92 Å². The summed E-state index contributed by atoms with van der Waals surface area (Å²) in [6.45, 7) is 3.47. The van der Waals surface area contributed by atoms with E-state index in [-0.39, 0.29) is 31.8 Å². The van der Waals surface area contributed by atoms with Gasteiger partial charge in [-0.3, -0.25) is 9.59 Å². The highest BCUT2D eigenvalue weighted by Gasteiger charge is 2.36. The normalized spacial score (nSPS) is 18.0. The minimum absolute atomic E-state index is 0.0225. The van der Waals surface area contributed by atoms with Gasteiger partial charge in [0.2, 0.25) is 11.8 Å². The van der Waals surface area contributed by atoms with Crippen LogP contribution in [0.5, 0.6) is 0 Å². The third-order valence-electron chi connectivity index (χ3n) is 4.49. The van der Waals surface area contributed by atoms with Crippen molar-refractivity contribution in [3.8, 4) is 0 Å². The first-order valence-electron chi connectivity index (χ1n) is 8.69. The Bertz CT molecular complexity index is 764. The Balaban J connectivity index is 2.00. The maximum absolute atomic E-state index is 12.8. The van der Waals surface area contributed by atoms with Crippen LogP contribution >= 0.6 is 0 Å². The Kier molecular flexibility index (Phi) is 6.82. The van der Waals surface area contributed by atoms with Crippen molar-refractivity contribution in [1.29, 1.82) is 0 Å². The summed E-state index contributed by atoms with van der Waals surface area (Å²) in [6, 6.07) is 3.57. The van der Waals surface area contributed by atoms with Crippen molar-refractivity contribution in [2.45, 2.75) is 38.0 Å². The molecule has 1 saturated heterocycles. The zero-order valence-corrected chi connectivity index (χ0v) is 15.0. The van der Waals surface area contributed by atoms with Gasteiger partial charge in [-0.25, -0.2) is 4.79 Å². The molecule has 6 nitrogen and oxygen atoms in total. The molecule has 9 heteroatoms. The van der Waals surface area contributed by atoms with Gasteiger partial charge in [-0.05, 0) is 30.5 Å². The first-order chi connectivity index (χ1) is 13.1. The summed E-state index contributed by atoms with van der Waals surface area (Å²) in [6.07, 6.45) is -2.47. The molecule has 0 saturated carbocycles. The molecule has 1 heterocycles. The number of carbonyl (C=O) groups is 3. The molecule has 2 N–H and O–H groups in total. The van der Waals surface area contributed by atoms with Gasteiger partial charge in [0, 0.05) is 19.5 Å². The third kappa shape index (κ3) is 5.58. The number of amides is 2. The number of likely N-dealkylation sites (tertiary alicyclic amines) is 1. The lowest BCUT2D eigenvalue weighted by molar-refractivity contribution is -0.142. The molecular formula is C19H21F3N2O4. The van der Waals surface area contributed by atoms with E-state index in [0.717, 1.165) is 12.1 Å². The number of hydrogen-bond donors (Lipinski definition) is 2. The molecule has 1 aromatic rings. The van der Waals surface area contributed by atoms with Gasteiger partial charge in [0.15, 0.2) is 0 Å². The molecule has 0 aromatic heterocycles. The predicted octanol–water partition coefficient (Wildman–Crippen LogP) is 2.59. The summed E-state index contributed by atoms with van der Waals surface area (Å²) in [5.41, 5.74) is -0.504. The standard InChI is InChI=1S/C19H21F3N2O4/c1-2-3-7-15(18(27)28)23-17(26)13-9-16(25)24(11-13)10-12-5-4-6-14(8-12)19(20,21)22/h2,4-6,8,13,15H,1,3,7,9-11H2,(H,23,26)(H,27,28). The van der Waals surface area contributed by atoms with Crippen LogP contribution in [0.15, 0.2) is 36.9 Å². The minimum Gasteiger partial charge on any atom is -0.480 e. The largest absolute Gasteiger partial charge is 0.480 e. The quantitative estimate of drug-likeness (QED) is 0.659. The number of rotatable bonds is 8. The average molecular weight is 398 g/mol. The van der Waals surface area contributed by atoms with E-state index in [4.69, 9.17) is 5.11 Å². The van der Waals surface area contributed by atoms with Gasteiger partial charge < -0.3 is 15.3 Å². The molecule has 28 heavy (non-hydrogen) atoms. The second-order valence-electron chi connectivity index (χ2n) is 6.64. The number of carboxylic acids is 1. The Labute approximate surface area is 160 Å². The number of benzene rings is 1. The van der Waals surface area contributed by atoms with E-state index in [1.54, 1.807) is 0 Å². The number of halogens is 3. The summed E-state index contributed by atoms with van der Waals surface area (Å²) >= 11 is 0. The van der Waals surface area contributed by atoms with Gasteiger partial charge in [-0.15, -0.1) is 6.58 Å². The first-order valence-corrected chi connectivity index (χ1v) is 8.69. The van der Waals surface area contributed by atoms with Crippen LogP contribution in [0.1, 0.15) is 30.4 Å². The Morgan fingerprint density at radius 2 is 2.11 bits per heavy atom. The highest BCUT2D eigenvalue weighted by molar-refractivity contribution is 5.91. The van der Waals surface area contributed by atoms with Crippen molar-refractivity contribution < 1.29 is 32.7 Å². The zero-order chi connectivity index (χ0) is 20.9. The van der Waals surface area contributed by atoms with Crippen molar-refractivity contribution in [3.63, 3.8) is 0 Å². The molecule has 0 spiro atoms. The summed E-state index contributed by atoms with van der Waals surface area (Å²) in [4.78, 5) is 37.0. The first kappa shape index (κ1) is 21.5. The fourth-order valence-corrected chi connectivity index (χ4v) is 3.00. The maximum Gasteiger partial charge on any atom is 0.416 e. The third-order valence-corrected chi connectivity index (χ3v) is 4.49. The topological polar surface area (TPSA) is 86.7 Å². The number of hydrogen-bond acceptors (Lipinski definition) is 3. The van der Waals surface area contributed by atoms with E-state index in [1.165, 1.54) is 23.1 Å². The second-order valence-corrected chi connectivity index (χ2v) is 6.64. The molecule has 1 aliphatic heterocycles. The fraction of sp³-hybridized carbons (Fsp3) is 0.421. The predicted molar refractivity (Wildman–Crippen MR) is 94.0 cm³/mol. The van der Waals surface area contributed by atoms with E-state index < -0.39 is 35.6 Å². The van der Waals surface area contributed by atoms with Crippen LogP contribution in [0, 0.1) is 5.92 Å². The van der Waals surface area contributed by atoms with Crippen LogP contribution in [-0.4, -0.2) is 40.4 Å². The Morgan fingerprint density at radius 3 is 2.71 bits per heavy atom. The van der Waals surface area contributed by atoms with E-state index >= 15 is 0 Å². The Hall–Kier alpha value is -2.84. The number of nitrogens with one attached hydrogen (secondary N) is 1. The lowest BCUT2D eigenvalue weighted by Gasteiger charge is -2.19. The van der Waals surface area contributed by atoms with Crippen LogP contribution in [0.2, 0.25) is 0 Å². The molecule has 0 aliphatic carbocycles. The van der Waals surface area contributed by atoms with Gasteiger partial charge in [-0.1, -0.05) is 18.2 Å². The highest BCUT2D eigenvalue weighted by Crippen LogP contribution is 2.30.